The largest absolute Gasteiger partial charge is 0.392 e. The zero-order chi connectivity index (χ0) is 9.14. The molecule has 0 bridgehead atoms. The van der Waals surface area contributed by atoms with Gasteiger partial charge < -0.3 is 5.11 Å². The first-order chi connectivity index (χ1) is 5.69. The molecule has 0 heterocycles. The van der Waals surface area contributed by atoms with E-state index in [1.807, 2.05) is 0 Å². The fourth-order valence-electron chi connectivity index (χ4n) is 0.818. The van der Waals surface area contributed by atoms with E-state index >= 15 is 0 Å². The third-order valence-electron chi connectivity index (χ3n) is 1.39. The van der Waals surface area contributed by atoms with Crippen LogP contribution in [-0.2, 0) is 6.61 Å². The Bertz CT molecular complexity index is 344. The number of nitriles is 1. The van der Waals surface area contributed by atoms with Gasteiger partial charge in [-0.05, 0) is 17.7 Å². The van der Waals surface area contributed by atoms with Crippen molar-refractivity contribution in [2.45, 2.75) is 6.61 Å². The van der Waals surface area contributed by atoms with Gasteiger partial charge in [-0.25, -0.2) is 8.78 Å². The minimum atomic E-state index is -1.17. The van der Waals surface area contributed by atoms with Gasteiger partial charge in [0, 0.05) is 0 Å². The third kappa shape index (κ3) is 1.41. The van der Waals surface area contributed by atoms with E-state index in [1.54, 1.807) is 0 Å². The molecule has 2 nitrogen and oxygen atoms in total. The van der Waals surface area contributed by atoms with Crippen LogP contribution < -0.4 is 0 Å². The molecular weight excluding hydrogens is 164 g/mol. The second-order valence-electron chi connectivity index (χ2n) is 2.21. The second-order valence-corrected chi connectivity index (χ2v) is 2.21. The number of hydrogen-bond acceptors (Lipinski definition) is 2. The van der Waals surface area contributed by atoms with Crippen molar-refractivity contribution in [2.75, 3.05) is 0 Å². The summed E-state index contributed by atoms with van der Waals surface area (Å²) in [5.41, 5.74) is -0.204. The first kappa shape index (κ1) is 8.62. The van der Waals surface area contributed by atoms with Gasteiger partial charge in [0.25, 0.3) is 0 Å². The highest BCUT2D eigenvalue weighted by Crippen LogP contribution is 2.13. The predicted molar refractivity (Wildman–Crippen MR) is 37.0 cm³/mol. The fourth-order valence-corrected chi connectivity index (χ4v) is 0.818. The van der Waals surface area contributed by atoms with Gasteiger partial charge in [0.05, 0.1) is 12.2 Å². The fraction of sp³-hybridized carbons (Fsp3) is 0.125. The van der Waals surface area contributed by atoms with Crippen LogP contribution in [0, 0.1) is 23.0 Å². The molecule has 0 unspecified atom stereocenters. The summed E-state index contributed by atoms with van der Waals surface area (Å²) < 4.78 is 25.2. The number of aliphatic hydroxyl groups is 1. The Labute approximate surface area is 67.7 Å². The molecule has 12 heavy (non-hydrogen) atoms. The van der Waals surface area contributed by atoms with Gasteiger partial charge >= 0.3 is 0 Å². The van der Waals surface area contributed by atoms with Gasteiger partial charge in [0.2, 0.25) is 0 Å². The normalized spacial score (nSPS) is 9.50. The molecule has 1 rings (SSSR count). The number of aliphatic hydroxyl groups excluding tert-OH is 1. The molecule has 0 saturated heterocycles. The lowest BCUT2D eigenvalue weighted by molar-refractivity contribution is 0.280. The molecule has 0 spiro atoms. The van der Waals surface area contributed by atoms with Crippen molar-refractivity contribution >= 4 is 0 Å². The van der Waals surface area contributed by atoms with Gasteiger partial charge in [-0.15, -0.1) is 0 Å². The van der Waals surface area contributed by atoms with E-state index < -0.39 is 18.2 Å². The first-order valence-corrected chi connectivity index (χ1v) is 3.18. The molecule has 0 aromatic heterocycles. The summed E-state index contributed by atoms with van der Waals surface area (Å²) in [5, 5.41) is 16.9. The van der Waals surface area contributed by atoms with Crippen molar-refractivity contribution < 1.29 is 13.9 Å². The molecule has 4 heteroatoms. The van der Waals surface area contributed by atoms with Crippen LogP contribution in [0.3, 0.4) is 0 Å². The summed E-state index contributed by atoms with van der Waals surface area (Å²) in [4.78, 5) is 0. The van der Waals surface area contributed by atoms with Gasteiger partial charge in [-0.1, -0.05) is 0 Å². The molecule has 0 aliphatic carbocycles. The second kappa shape index (κ2) is 3.28. The van der Waals surface area contributed by atoms with Crippen LogP contribution in [-0.4, -0.2) is 5.11 Å². The highest BCUT2D eigenvalue weighted by molar-refractivity contribution is 5.34. The Morgan fingerprint density at radius 3 is 2.58 bits per heavy atom. The lowest BCUT2D eigenvalue weighted by atomic mass is 10.1. The van der Waals surface area contributed by atoms with Crippen molar-refractivity contribution in [1.82, 2.24) is 0 Å². The van der Waals surface area contributed by atoms with Gasteiger partial charge in [-0.2, -0.15) is 5.26 Å². The topological polar surface area (TPSA) is 44.0 Å². The summed E-state index contributed by atoms with van der Waals surface area (Å²) in [6.07, 6.45) is 0. The quantitative estimate of drug-likeness (QED) is 0.689. The van der Waals surface area contributed by atoms with Crippen molar-refractivity contribution in [3.8, 4) is 6.07 Å². The standard InChI is InChI=1S/C8H5F2NO/c9-7-2-5(4-12)1-6(3-11)8(7)10/h1-2,12H,4H2. The summed E-state index contributed by atoms with van der Waals surface area (Å²) >= 11 is 0. The maximum Gasteiger partial charge on any atom is 0.176 e. The molecule has 0 amide bonds. The maximum atomic E-state index is 12.6. The Morgan fingerprint density at radius 1 is 1.42 bits per heavy atom. The molecule has 0 saturated carbocycles. The van der Waals surface area contributed by atoms with Crippen LogP contribution in [0.2, 0.25) is 0 Å². The molecule has 1 aromatic rings. The molecule has 0 atom stereocenters. The van der Waals surface area contributed by atoms with Gasteiger partial charge in [0.1, 0.15) is 6.07 Å². The molecule has 0 aliphatic heterocycles. The lowest BCUT2D eigenvalue weighted by Gasteiger charge is -1.98. The Hall–Kier alpha value is -1.47. The summed E-state index contributed by atoms with van der Waals surface area (Å²) in [7, 11) is 0. The van der Waals surface area contributed by atoms with Gasteiger partial charge in [0.15, 0.2) is 11.6 Å². The molecular formula is C8H5F2NO. The highest BCUT2D eigenvalue weighted by Gasteiger charge is 2.09. The summed E-state index contributed by atoms with van der Waals surface area (Å²) in [6.45, 7) is -0.411. The third-order valence-corrected chi connectivity index (χ3v) is 1.39. The molecule has 0 aliphatic rings. The van der Waals surface area contributed by atoms with Crippen molar-refractivity contribution in [2.24, 2.45) is 0 Å². The monoisotopic (exact) mass is 169 g/mol. The first-order valence-electron chi connectivity index (χ1n) is 3.18. The molecule has 1 aromatic carbocycles. The van der Waals surface area contributed by atoms with Crippen molar-refractivity contribution in [1.29, 1.82) is 5.26 Å². The van der Waals surface area contributed by atoms with Crippen LogP contribution in [0.15, 0.2) is 12.1 Å². The van der Waals surface area contributed by atoms with E-state index in [0.29, 0.717) is 0 Å². The van der Waals surface area contributed by atoms with Crippen molar-refractivity contribution in [3.63, 3.8) is 0 Å². The predicted octanol–water partition coefficient (Wildman–Crippen LogP) is 1.33. The van der Waals surface area contributed by atoms with Crippen LogP contribution in [0.5, 0.6) is 0 Å². The van der Waals surface area contributed by atoms with Crippen LogP contribution in [0.25, 0.3) is 0 Å². The summed E-state index contributed by atoms with van der Waals surface area (Å²) in [5.74, 6) is -2.28. The number of nitrogens with zero attached hydrogens (tertiary/aromatic N) is 1. The van der Waals surface area contributed by atoms with Crippen molar-refractivity contribution in [3.05, 3.63) is 34.9 Å². The SMILES string of the molecule is N#Cc1cc(CO)cc(F)c1F. The van der Waals surface area contributed by atoms with Crippen LogP contribution in [0.4, 0.5) is 8.78 Å². The van der Waals surface area contributed by atoms with Crippen LogP contribution >= 0.6 is 0 Å². The molecule has 1 N–H and O–H groups in total. The average Bonchev–Trinajstić information content (AvgIpc) is 2.09. The zero-order valence-electron chi connectivity index (χ0n) is 6.01. The number of benzene rings is 1. The van der Waals surface area contributed by atoms with Crippen LogP contribution in [0.1, 0.15) is 11.1 Å². The Morgan fingerprint density at radius 2 is 2.08 bits per heavy atom. The minimum Gasteiger partial charge on any atom is -0.392 e. The Balaban J connectivity index is 3.31. The number of rotatable bonds is 1. The minimum absolute atomic E-state index is 0.186. The number of hydrogen-bond donors (Lipinski definition) is 1. The summed E-state index contributed by atoms with van der Waals surface area (Å²) in [6, 6.07) is 3.45. The van der Waals surface area contributed by atoms with Gasteiger partial charge in [-0.3, -0.25) is 0 Å². The number of halogens is 2. The van der Waals surface area contributed by atoms with E-state index in [-0.39, 0.29) is 11.1 Å². The van der Waals surface area contributed by atoms with E-state index in [2.05, 4.69) is 0 Å². The van der Waals surface area contributed by atoms with E-state index in [9.17, 15) is 8.78 Å². The molecule has 62 valence electrons. The molecule has 0 fully saturated rings. The van der Waals surface area contributed by atoms with E-state index in [4.69, 9.17) is 10.4 Å². The smallest absolute Gasteiger partial charge is 0.176 e. The lowest BCUT2D eigenvalue weighted by Crippen LogP contribution is -1.94. The highest BCUT2D eigenvalue weighted by atomic mass is 19.2. The average molecular weight is 169 g/mol. The maximum absolute atomic E-state index is 12.6. The Kier molecular flexibility index (Phi) is 2.36. The van der Waals surface area contributed by atoms with E-state index in [1.165, 1.54) is 6.07 Å². The van der Waals surface area contributed by atoms with E-state index in [0.717, 1.165) is 12.1 Å². The zero-order valence-corrected chi connectivity index (χ0v) is 6.01. The molecule has 0 radical (unpaired) electrons.